The first kappa shape index (κ1) is 96.2. The summed E-state index contributed by atoms with van der Waals surface area (Å²) in [6.07, 6.45) is -4.53. The molecule has 5 saturated carbocycles. The molecule has 3 aromatic heterocycles. The van der Waals surface area contributed by atoms with Gasteiger partial charge in [0, 0.05) is 125 Å². The average molecular weight is 1860 g/mol. The van der Waals surface area contributed by atoms with Crippen LogP contribution in [-0.2, 0) is 76.8 Å². The Hall–Kier alpha value is -12.8. The maximum atomic E-state index is 14.0. The van der Waals surface area contributed by atoms with Crippen LogP contribution in [0.2, 0.25) is 0 Å². The summed E-state index contributed by atoms with van der Waals surface area (Å²) in [4.78, 5) is 156. The Labute approximate surface area is 765 Å². The van der Waals surface area contributed by atoms with Gasteiger partial charge in [0.1, 0.15) is 72.9 Å². The van der Waals surface area contributed by atoms with Gasteiger partial charge in [0.25, 0.3) is 17.7 Å². The van der Waals surface area contributed by atoms with Gasteiger partial charge in [0.2, 0.25) is 24.0 Å². The van der Waals surface area contributed by atoms with Gasteiger partial charge in [-0.05, 0) is 158 Å². The Morgan fingerprint density at radius 3 is 1.95 bits per heavy atom. The number of methoxy groups -OCH3 is 2. The number of para-hydroxylation sites is 1. The van der Waals surface area contributed by atoms with Gasteiger partial charge in [0.05, 0.1) is 65.7 Å². The molecule has 40 nitrogen and oxygen atoms in total. The van der Waals surface area contributed by atoms with Crippen molar-refractivity contribution in [1.82, 2.24) is 40.2 Å². The molecule has 6 heterocycles. The number of anilines is 4. The average Bonchev–Trinajstić information content (AvgIpc) is 1.34. The van der Waals surface area contributed by atoms with Crippen molar-refractivity contribution in [3.63, 3.8) is 0 Å². The molecule has 4 aromatic carbocycles. The van der Waals surface area contributed by atoms with Crippen molar-refractivity contribution in [3.8, 4) is 28.4 Å². The fourth-order valence-electron chi connectivity index (χ4n) is 20.0. The number of thiazole rings is 1. The van der Waals surface area contributed by atoms with Gasteiger partial charge in [-0.3, -0.25) is 48.5 Å². The van der Waals surface area contributed by atoms with E-state index in [1.165, 1.54) is 78.0 Å². The van der Waals surface area contributed by atoms with Crippen LogP contribution >= 0.6 is 11.3 Å². The summed E-state index contributed by atoms with van der Waals surface area (Å²) < 4.78 is 49.5. The zero-order chi connectivity index (χ0) is 95.0. The molecule has 8 aliphatic rings. The number of carbonyl (C=O) groups is 11. The highest BCUT2D eigenvalue weighted by atomic mass is 32.1. The van der Waals surface area contributed by atoms with Gasteiger partial charge in [-0.2, -0.15) is 5.10 Å². The predicted octanol–water partition coefficient (Wildman–Crippen LogP) is 6.05. The van der Waals surface area contributed by atoms with Crippen molar-refractivity contribution in [2.24, 2.45) is 22.2 Å². The Kier molecular flexibility index (Phi) is 29.7. The van der Waals surface area contributed by atoms with E-state index >= 15 is 0 Å². The molecule has 6 fully saturated rings. The number of amides is 8. The van der Waals surface area contributed by atoms with E-state index in [1.807, 2.05) is 46.8 Å². The molecule has 12 atom stereocenters. The van der Waals surface area contributed by atoms with Crippen LogP contribution in [0.4, 0.5) is 31.9 Å². The smallest absolute Gasteiger partial charge is 0.410 e. The number of nitrogens with one attached hydrogen (secondary N) is 5. The number of aromatic nitrogens is 4. The van der Waals surface area contributed by atoms with Crippen LogP contribution in [0, 0.1) is 29.1 Å². The van der Waals surface area contributed by atoms with E-state index < -0.39 is 139 Å². The number of rotatable bonds is 38. The summed E-state index contributed by atoms with van der Waals surface area (Å²) in [5.74, 6) is -8.57. The number of alkyl carbamates (subject to hydrolysis) is 1. The van der Waals surface area contributed by atoms with E-state index in [2.05, 4.69) is 45.4 Å². The molecule has 0 radical (unpaired) electrons. The van der Waals surface area contributed by atoms with Crippen molar-refractivity contribution in [2.75, 3.05) is 101 Å². The first-order valence-electron chi connectivity index (χ1n) is 43.4. The lowest BCUT2D eigenvalue weighted by Gasteiger charge is -2.69. The third-order valence-corrected chi connectivity index (χ3v) is 26.0. The lowest BCUT2D eigenvalue weighted by molar-refractivity contribution is -0.271. The minimum Gasteiger partial charge on any atom is -0.496 e. The number of hydrogen-bond donors (Lipinski definition) is 14. The number of ether oxygens (including phenoxy) is 8. The standard InChI is InChI=1S/C92H106N12O28S/c1-50-57(54-17-21-67(99-73(54)83(119)120)102-30-26-53-58(42-102)55(16-20-62(53)126-5)81(116)100-86-98-59-12-6-7-13-66(59)133-86)41-95-104(50)49-91-44-89(2)43-90(3,45-91)47-92(46-89,48-91)129-37-33-101(32-36-125-4)88(124)128-35-9-11-52-15-19-64(131-85-79(115)77(113)78(114)80(132-85)84(121)122)61(39-52)97-70(107)25-29-94-87(123)127-34-8-10-51-14-18-63(130-65-40-56(82(117)118)74(110)76(112)75(65)111)60(38-51)96-69(106)24-28-93-68(105)27-31-103-71(108)22-23-72(103)109/h6-23,38-39,41,56,65,74-80,85,110-115H,24-37,40,42-49H2,1-5H3,(H,93,105)(H,94,123)(H,96,106)(H,97,107)(H,117,118)(H,119,120)(H,121,122)(H,98,100,116)/b10-8+,11-9+/t56-,65+,74+,75-,76-,77-,78-,79+,80-,85+,89?,90?,91?,92?/m0/s1. The van der Waals surface area contributed by atoms with E-state index in [9.17, 15) is 98.7 Å². The van der Waals surface area contributed by atoms with Crippen LogP contribution in [0.25, 0.3) is 33.5 Å². The maximum absolute atomic E-state index is 14.0. The minimum atomic E-state index is -2.05. The van der Waals surface area contributed by atoms with Crippen molar-refractivity contribution < 1.29 is 137 Å². The van der Waals surface area contributed by atoms with Crippen molar-refractivity contribution in [1.29, 1.82) is 0 Å². The van der Waals surface area contributed by atoms with Crippen LogP contribution in [0.5, 0.6) is 17.2 Å². The van der Waals surface area contributed by atoms with E-state index in [0.29, 0.717) is 70.4 Å². The first-order valence-corrected chi connectivity index (χ1v) is 44.2. The second-order valence-electron chi connectivity index (χ2n) is 35.2. The van der Waals surface area contributed by atoms with Crippen molar-refractivity contribution >= 4 is 122 Å². The molecule has 5 aliphatic carbocycles. The number of benzene rings is 4. The molecule has 14 N–H and O–H groups in total. The van der Waals surface area contributed by atoms with E-state index in [4.69, 9.17) is 48.0 Å². The lowest BCUT2D eigenvalue weighted by Crippen LogP contribution is -2.64. The van der Waals surface area contributed by atoms with Crippen LogP contribution in [0.15, 0.2) is 115 Å². The molecule has 2 unspecified atom stereocenters. The number of pyridine rings is 1. The third kappa shape index (κ3) is 22.4. The summed E-state index contributed by atoms with van der Waals surface area (Å²) in [6.45, 7) is 7.18. The molecule has 7 aromatic rings. The number of aliphatic hydroxyl groups excluding tert-OH is 6. The highest BCUT2D eigenvalue weighted by Crippen LogP contribution is 2.72. The Bertz CT molecular complexity index is 5630. The Balaban J connectivity index is 0.582. The Morgan fingerprint density at radius 1 is 0.647 bits per heavy atom. The number of nitrogens with zero attached hydrogens (tertiary/aromatic N) is 7. The quantitative estimate of drug-likeness (QED) is 0.0196. The second kappa shape index (κ2) is 41.1. The monoisotopic (exact) mass is 1860 g/mol. The van der Waals surface area contributed by atoms with Gasteiger partial charge in [-0.1, -0.05) is 61.6 Å². The predicted molar refractivity (Wildman–Crippen MR) is 476 cm³/mol. The largest absolute Gasteiger partial charge is 0.496 e. The number of hydrogen-bond acceptors (Lipinski definition) is 30. The summed E-state index contributed by atoms with van der Waals surface area (Å²) >= 11 is 1.38. The molecule has 15 rings (SSSR count). The highest BCUT2D eigenvalue weighted by Gasteiger charge is 2.66. The van der Waals surface area contributed by atoms with Gasteiger partial charge < -0.3 is 115 Å². The summed E-state index contributed by atoms with van der Waals surface area (Å²) in [5, 5.41) is 113. The molecule has 8 amide bonds. The number of aromatic carboxylic acids is 1. The van der Waals surface area contributed by atoms with Crippen LogP contribution in [0.3, 0.4) is 0 Å². The molecule has 0 spiro atoms. The minimum absolute atomic E-state index is 0.0293. The number of imide groups is 1. The first-order chi connectivity index (χ1) is 63.5. The Morgan fingerprint density at radius 2 is 1.29 bits per heavy atom. The van der Waals surface area contributed by atoms with Gasteiger partial charge >= 0.3 is 30.1 Å². The van der Waals surface area contributed by atoms with Gasteiger partial charge in [-0.25, -0.2) is 29.1 Å². The fraction of sp³-hybridized carbons (Fsp3) is 0.457. The van der Waals surface area contributed by atoms with Crippen molar-refractivity contribution in [2.45, 2.75) is 165 Å². The molecule has 3 aliphatic heterocycles. The summed E-state index contributed by atoms with van der Waals surface area (Å²) in [6, 6.07) is 23.2. The zero-order valence-electron chi connectivity index (χ0n) is 73.5. The lowest BCUT2D eigenvalue weighted by atomic mass is 9.39. The topological polar surface area (TPSA) is 557 Å². The summed E-state index contributed by atoms with van der Waals surface area (Å²) in [7, 11) is 3.10. The second-order valence-corrected chi connectivity index (χ2v) is 36.2. The molecule has 1 saturated heterocycles. The summed E-state index contributed by atoms with van der Waals surface area (Å²) in [5.41, 5.74) is 4.11. The van der Waals surface area contributed by atoms with Crippen LogP contribution < -0.4 is 45.7 Å². The number of fused-ring (bicyclic) bond motifs is 2. The van der Waals surface area contributed by atoms with Crippen LogP contribution in [-0.4, -0.2) is 282 Å². The molecule has 4 bridgehead atoms. The zero-order valence-corrected chi connectivity index (χ0v) is 74.3. The van der Waals surface area contributed by atoms with Gasteiger partial charge in [-0.15, -0.1) is 0 Å². The fourth-order valence-corrected chi connectivity index (χ4v) is 20.8. The van der Waals surface area contributed by atoms with E-state index in [0.717, 1.165) is 76.2 Å². The molecular formula is C92H106N12O28S. The maximum Gasteiger partial charge on any atom is 0.410 e. The molecule has 133 heavy (non-hydrogen) atoms. The number of carboxylic acids is 3. The van der Waals surface area contributed by atoms with Gasteiger partial charge in [0.15, 0.2) is 16.9 Å². The van der Waals surface area contributed by atoms with E-state index in [-0.39, 0.29) is 129 Å². The number of aliphatic carboxylic acids is 2. The molecular weight excluding hydrogens is 1750 g/mol. The highest BCUT2D eigenvalue weighted by molar-refractivity contribution is 7.22. The number of aliphatic hydroxyl groups is 6. The molecule has 708 valence electrons. The van der Waals surface area contributed by atoms with E-state index in [1.54, 1.807) is 37.6 Å². The number of carboxylic acid groups (broad SMARTS) is 3. The van der Waals surface area contributed by atoms with Crippen molar-refractivity contribution in [3.05, 3.63) is 155 Å². The normalized spacial score (nSPS) is 25.2. The van der Waals surface area contributed by atoms with Crippen LogP contribution in [0.1, 0.15) is 127 Å². The SMILES string of the molecule is COCCN(CCOC12CC3(C)CC(C)(CC(Cn4ncc(-c5ccc(N6CCc7c(OC)ccc(C(=O)Nc8nc9ccccc9s8)c7C6)nc5C(=O)O)c4C)(C3)C1)C2)C(=O)OC/C=C/c1ccc(O[C@@H]2O[C@H](C(=O)O)[C@@H](O)[C@H](O)[C@H]2O)c(NC(=O)CCNC(=O)OC/C=C/c2ccc(O[C@@H]3C[C@H](C(=O)O)[C@@H](O)[C@H](O)[C@H]3O)c(NC(=O)CCNC(=O)CCN3C(=O)C=CC3=O)c2)c1. The molecule has 41 heteroatoms. The third-order valence-electron chi connectivity index (χ3n) is 25.1. The number of carbonyl (C=O) groups excluding carboxylic acids is 8.